The average Bonchev–Trinajstić information content (AvgIpc) is 2.47. The van der Waals surface area contributed by atoms with Crippen LogP contribution in [0, 0.1) is 22.7 Å². The van der Waals surface area contributed by atoms with E-state index in [4.69, 9.17) is 21.0 Å². The Hall–Kier alpha value is -2.99. The van der Waals surface area contributed by atoms with Crippen LogP contribution in [0.15, 0.2) is 41.6 Å². The summed E-state index contributed by atoms with van der Waals surface area (Å²) in [4.78, 5) is 12.0. The van der Waals surface area contributed by atoms with Crippen molar-refractivity contribution in [1.82, 2.24) is 5.32 Å². The Morgan fingerprint density at radius 3 is 2.30 bits per heavy atom. The summed E-state index contributed by atoms with van der Waals surface area (Å²) in [6, 6.07) is 12.1. The summed E-state index contributed by atoms with van der Waals surface area (Å²) in [6.07, 6.45) is -0.310. The highest BCUT2D eigenvalue weighted by atomic mass is 16.6. The fourth-order valence-electron chi connectivity index (χ4n) is 1.87. The number of benzene rings is 1. The van der Waals surface area contributed by atoms with Gasteiger partial charge in [-0.3, -0.25) is 0 Å². The molecule has 0 unspecified atom stereocenters. The van der Waals surface area contributed by atoms with E-state index in [-0.39, 0.29) is 11.3 Å². The van der Waals surface area contributed by atoms with Crippen molar-refractivity contribution >= 4 is 6.09 Å². The zero-order valence-corrected chi connectivity index (χ0v) is 13.5. The van der Waals surface area contributed by atoms with Crippen LogP contribution in [-0.2, 0) is 11.2 Å². The molecule has 0 aliphatic heterocycles. The Labute approximate surface area is 136 Å². The van der Waals surface area contributed by atoms with Crippen LogP contribution >= 0.6 is 0 Å². The van der Waals surface area contributed by atoms with Gasteiger partial charge in [0.2, 0.25) is 0 Å². The second kappa shape index (κ2) is 7.86. The van der Waals surface area contributed by atoms with Crippen LogP contribution in [0.1, 0.15) is 26.3 Å². The third-order valence-corrected chi connectivity index (χ3v) is 2.86. The highest BCUT2D eigenvalue weighted by molar-refractivity contribution is 5.69. The number of hydrogen-bond donors (Lipinski definition) is 2. The van der Waals surface area contributed by atoms with E-state index in [9.17, 15) is 4.79 Å². The molecule has 0 saturated heterocycles. The molecule has 0 bridgehead atoms. The van der Waals surface area contributed by atoms with Gasteiger partial charge in [0.25, 0.3) is 0 Å². The molecule has 0 fully saturated rings. The Kier molecular flexibility index (Phi) is 6.17. The maximum atomic E-state index is 12.0. The van der Waals surface area contributed by atoms with Crippen molar-refractivity contribution in [2.75, 3.05) is 0 Å². The quantitative estimate of drug-likeness (QED) is 0.829. The number of nitrogens with zero attached hydrogens (tertiary/aromatic N) is 2. The number of alkyl carbamates (subject to hydrolysis) is 1. The molecule has 1 amide bonds. The van der Waals surface area contributed by atoms with Gasteiger partial charge in [-0.1, -0.05) is 30.3 Å². The van der Waals surface area contributed by atoms with Gasteiger partial charge < -0.3 is 15.8 Å². The highest BCUT2D eigenvalue weighted by Gasteiger charge is 2.23. The summed E-state index contributed by atoms with van der Waals surface area (Å²) in [6.45, 7) is 5.23. The van der Waals surface area contributed by atoms with Crippen molar-refractivity contribution in [3.63, 3.8) is 0 Å². The minimum absolute atomic E-state index is 0.0183. The third-order valence-electron chi connectivity index (χ3n) is 2.86. The topological polar surface area (TPSA) is 112 Å². The predicted molar refractivity (Wildman–Crippen MR) is 85.7 cm³/mol. The Morgan fingerprint density at radius 2 is 1.83 bits per heavy atom. The zero-order valence-electron chi connectivity index (χ0n) is 13.5. The summed E-state index contributed by atoms with van der Waals surface area (Å²) < 4.78 is 5.21. The van der Waals surface area contributed by atoms with Crippen molar-refractivity contribution in [3.8, 4) is 12.1 Å². The van der Waals surface area contributed by atoms with E-state index >= 15 is 0 Å². The molecular weight excluding hydrogens is 292 g/mol. The average molecular weight is 312 g/mol. The lowest BCUT2D eigenvalue weighted by atomic mass is 10.0. The van der Waals surface area contributed by atoms with Gasteiger partial charge in [-0.2, -0.15) is 10.5 Å². The molecule has 0 aromatic heterocycles. The Morgan fingerprint density at radius 1 is 1.26 bits per heavy atom. The van der Waals surface area contributed by atoms with Crippen LogP contribution in [0.25, 0.3) is 0 Å². The summed E-state index contributed by atoms with van der Waals surface area (Å²) in [5.74, 6) is 0. The monoisotopic (exact) mass is 312 g/mol. The van der Waals surface area contributed by atoms with Crippen LogP contribution in [0.4, 0.5) is 4.79 Å². The number of nitrogens with one attached hydrogen (secondary N) is 1. The van der Waals surface area contributed by atoms with Gasteiger partial charge in [0.1, 0.15) is 23.3 Å². The van der Waals surface area contributed by atoms with Crippen molar-refractivity contribution in [1.29, 1.82) is 10.5 Å². The summed E-state index contributed by atoms with van der Waals surface area (Å²) in [5.41, 5.74) is 5.95. The number of carbonyl (C=O) groups excluding carboxylic acids is 1. The number of allylic oxidation sites excluding steroid dienone is 1. The van der Waals surface area contributed by atoms with Gasteiger partial charge in [-0.25, -0.2) is 4.79 Å². The summed E-state index contributed by atoms with van der Waals surface area (Å²) in [7, 11) is 0. The second-order valence-corrected chi connectivity index (χ2v) is 5.94. The molecular formula is C17H20N4O2. The first-order valence-electron chi connectivity index (χ1n) is 7.10. The van der Waals surface area contributed by atoms with Gasteiger partial charge in [0, 0.05) is 0 Å². The van der Waals surface area contributed by atoms with E-state index in [0.717, 1.165) is 5.56 Å². The van der Waals surface area contributed by atoms with Gasteiger partial charge in [-0.05, 0) is 32.8 Å². The van der Waals surface area contributed by atoms with Crippen LogP contribution in [0.3, 0.4) is 0 Å². The lowest BCUT2D eigenvalue weighted by Crippen LogP contribution is -2.43. The van der Waals surface area contributed by atoms with Crippen molar-refractivity contribution < 1.29 is 9.53 Å². The Balaban J connectivity index is 3.03. The Bertz CT molecular complexity index is 645. The van der Waals surface area contributed by atoms with E-state index in [1.807, 2.05) is 30.3 Å². The van der Waals surface area contributed by atoms with Gasteiger partial charge in [0.05, 0.1) is 11.7 Å². The number of nitrogens with two attached hydrogens (primary N) is 1. The van der Waals surface area contributed by atoms with Crippen LogP contribution in [-0.4, -0.2) is 17.7 Å². The first-order chi connectivity index (χ1) is 10.8. The zero-order chi connectivity index (χ0) is 17.5. The minimum Gasteiger partial charge on any atom is -0.444 e. The number of rotatable bonds is 4. The van der Waals surface area contributed by atoms with Gasteiger partial charge >= 0.3 is 6.09 Å². The molecule has 1 atom stereocenters. The minimum atomic E-state index is -0.707. The van der Waals surface area contributed by atoms with Gasteiger partial charge in [0.15, 0.2) is 0 Å². The largest absolute Gasteiger partial charge is 0.444 e. The highest BCUT2D eigenvalue weighted by Crippen LogP contribution is 2.12. The number of hydrogen-bond acceptors (Lipinski definition) is 5. The van der Waals surface area contributed by atoms with Crippen LogP contribution in [0.2, 0.25) is 0 Å². The maximum Gasteiger partial charge on any atom is 0.408 e. The molecule has 6 heteroatoms. The number of carbonyl (C=O) groups is 1. The smallest absolute Gasteiger partial charge is 0.408 e. The summed E-state index contributed by atoms with van der Waals surface area (Å²) in [5, 5.41) is 20.6. The first kappa shape index (κ1) is 18.1. The fourth-order valence-corrected chi connectivity index (χ4v) is 1.87. The molecule has 1 rings (SSSR count). The molecule has 0 aliphatic rings. The lowest BCUT2D eigenvalue weighted by Gasteiger charge is -2.24. The van der Waals surface area contributed by atoms with E-state index in [0.29, 0.717) is 6.42 Å². The molecule has 0 aliphatic carbocycles. The van der Waals surface area contributed by atoms with E-state index < -0.39 is 17.7 Å². The van der Waals surface area contributed by atoms with E-state index in [1.54, 1.807) is 32.9 Å². The van der Waals surface area contributed by atoms with Gasteiger partial charge in [-0.15, -0.1) is 0 Å². The lowest BCUT2D eigenvalue weighted by molar-refractivity contribution is 0.0511. The van der Waals surface area contributed by atoms with Crippen molar-refractivity contribution in [2.45, 2.75) is 38.8 Å². The first-order valence-corrected chi connectivity index (χ1v) is 7.10. The normalized spacial score (nSPS) is 11.5. The SMILES string of the molecule is CC(C)(C)OC(=O)N[C@@H](Cc1ccccc1)C(N)=C(C#N)C#N. The predicted octanol–water partition coefficient (Wildman–Crippen LogP) is 2.38. The second-order valence-electron chi connectivity index (χ2n) is 5.94. The molecule has 6 nitrogen and oxygen atoms in total. The van der Waals surface area contributed by atoms with Crippen molar-refractivity contribution in [3.05, 3.63) is 47.2 Å². The van der Waals surface area contributed by atoms with Crippen molar-refractivity contribution in [2.24, 2.45) is 5.73 Å². The molecule has 3 N–H and O–H groups in total. The summed E-state index contributed by atoms with van der Waals surface area (Å²) >= 11 is 0. The van der Waals surface area contributed by atoms with Crippen LogP contribution < -0.4 is 11.1 Å². The third kappa shape index (κ3) is 6.11. The molecule has 23 heavy (non-hydrogen) atoms. The standard InChI is InChI=1S/C17H20N4O2/c1-17(2,3)23-16(22)21-14(15(20)13(10-18)11-19)9-12-7-5-4-6-8-12/h4-8,14H,9,20H2,1-3H3,(H,21,22)/t14-/m0/s1. The maximum absolute atomic E-state index is 12.0. The molecule has 120 valence electrons. The van der Waals surface area contributed by atoms with E-state index in [1.165, 1.54) is 0 Å². The van der Waals surface area contributed by atoms with Crippen LogP contribution in [0.5, 0.6) is 0 Å². The number of nitriles is 2. The molecule has 1 aromatic rings. The fraction of sp³-hybridized carbons (Fsp3) is 0.353. The number of amides is 1. The molecule has 0 spiro atoms. The molecule has 0 heterocycles. The molecule has 0 saturated carbocycles. The molecule has 1 aromatic carbocycles. The number of ether oxygens (including phenoxy) is 1. The van der Waals surface area contributed by atoms with E-state index in [2.05, 4.69) is 5.32 Å². The molecule has 0 radical (unpaired) electrons.